The van der Waals surface area contributed by atoms with Gasteiger partial charge in [0.25, 0.3) is 5.69 Å². The standard InChI is InChI=1S/C11H17N3O3/c1-5-11(2,3)17-10-7-8(14(15)16)6-9(12-4)13-10/h6-7H,5H2,1-4H3,(H,12,13). The predicted octanol–water partition coefficient (Wildman–Crippen LogP) is 2.60. The van der Waals surface area contributed by atoms with Gasteiger partial charge in [-0.3, -0.25) is 10.1 Å². The van der Waals surface area contributed by atoms with Gasteiger partial charge in [-0.1, -0.05) is 6.92 Å². The second-order valence-corrected chi connectivity index (χ2v) is 4.27. The van der Waals surface area contributed by atoms with Crippen LogP contribution in [0.2, 0.25) is 0 Å². The Balaban J connectivity index is 3.07. The SMILES string of the molecule is CCC(C)(C)Oc1cc([N+](=O)[O-])cc(NC)n1. The molecule has 0 saturated carbocycles. The zero-order chi connectivity index (χ0) is 13.1. The summed E-state index contributed by atoms with van der Waals surface area (Å²) in [5.74, 6) is 0.677. The van der Waals surface area contributed by atoms with E-state index in [-0.39, 0.29) is 11.6 Å². The zero-order valence-corrected chi connectivity index (χ0v) is 10.5. The van der Waals surface area contributed by atoms with Crippen LogP contribution in [0, 0.1) is 10.1 Å². The molecule has 0 fully saturated rings. The second-order valence-electron chi connectivity index (χ2n) is 4.27. The molecule has 0 radical (unpaired) electrons. The van der Waals surface area contributed by atoms with Crippen molar-refractivity contribution < 1.29 is 9.66 Å². The van der Waals surface area contributed by atoms with Gasteiger partial charge in [-0.2, -0.15) is 4.98 Å². The van der Waals surface area contributed by atoms with Crippen molar-refractivity contribution in [3.63, 3.8) is 0 Å². The maximum absolute atomic E-state index is 10.8. The molecule has 1 aromatic rings. The van der Waals surface area contributed by atoms with Gasteiger partial charge in [0.1, 0.15) is 11.4 Å². The molecule has 17 heavy (non-hydrogen) atoms. The van der Waals surface area contributed by atoms with Gasteiger partial charge in [0.2, 0.25) is 5.88 Å². The molecular formula is C11H17N3O3. The number of pyridine rings is 1. The normalized spacial score (nSPS) is 11.1. The Morgan fingerprint density at radius 2 is 2.18 bits per heavy atom. The van der Waals surface area contributed by atoms with Gasteiger partial charge in [0, 0.05) is 7.05 Å². The summed E-state index contributed by atoms with van der Waals surface area (Å²) >= 11 is 0. The van der Waals surface area contributed by atoms with Gasteiger partial charge >= 0.3 is 0 Å². The molecule has 0 aliphatic heterocycles. The van der Waals surface area contributed by atoms with Crippen molar-refractivity contribution in [3.8, 4) is 5.88 Å². The van der Waals surface area contributed by atoms with Crippen LogP contribution in [0.5, 0.6) is 5.88 Å². The van der Waals surface area contributed by atoms with Gasteiger partial charge in [-0.15, -0.1) is 0 Å². The van der Waals surface area contributed by atoms with E-state index >= 15 is 0 Å². The molecule has 0 amide bonds. The van der Waals surface area contributed by atoms with Crippen molar-refractivity contribution in [1.82, 2.24) is 4.98 Å². The van der Waals surface area contributed by atoms with E-state index in [1.54, 1.807) is 7.05 Å². The molecular weight excluding hydrogens is 222 g/mol. The van der Waals surface area contributed by atoms with Crippen molar-refractivity contribution in [3.05, 3.63) is 22.2 Å². The van der Waals surface area contributed by atoms with Crippen LogP contribution in [0.25, 0.3) is 0 Å². The van der Waals surface area contributed by atoms with Crippen LogP contribution >= 0.6 is 0 Å². The molecule has 0 aliphatic rings. The van der Waals surface area contributed by atoms with Crippen LogP contribution < -0.4 is 10.1 Å². The minimum Gasteiger partial charge on any atom is -0.471 e. The summed E-state index contributed by atoms with van der Waals surface area (Å²) in [4.78, 5) is 14.4. The lowest BCUT2D eigenvalue weighted by Gasteiger charge is -2.24. The summed E-state index contributed by atoms with van der Waals surface area (Å²) in [5.41, 5.74) is -0.431. The summed E-state index contributed by atoms with van der Waals surface area (Å²) in [6, 6.07) is 2.70. The van der Waals surface area contributed by atoms with Crippen LogP contribution in [-0.2, 0) is 0 Å². The fraction of sp³-hybridized carbons (Fsp3) is 0.545. The second kappa shape index (κ2) is 4.99. The summed E-state index contributed by atoms with van der Waals surface area (Å²) in [5, 5.41) is 13.5. The van der Waals surface area contributed by atoms with E-state index in [9.17, 15) is 10.1 Å². The Hall–Kier alpha value is -1.85. The fourth-order valence-corrected chi connectivity index (χ4v) is 1.13. The number of hydrogen-bond acceptors (Lipinski definition) is 5. The molecule has 1 aromatic heterocycles. The van der Waals surface area contributed by atoms with Crippen LogP contribution in [0.3, 0.4) is 0 Å². The topological polar surface area (TPSA) is 77.3 Å². The van der Waals surface area contributed by atoms with Gasteiger partial charge in [-0.25, -0.2) is 0 Å². The quantitative estimate of drug-likeness (QED) is 0.631. The summed E-state index contributed by atoms with van der Waals surface area (Å²) in [7, 11) is 1.65. The number of aromatic nitrogens is 1. The highest BCUT2D eigenvalue weighted by Crippen LogP contribution is 2.25. The minimum atomic E-state index is -0.464. The highest BCUT2D eigenvalue weighted by atomic mass is 16.6. The first-order chi connectivity index (χ1) is 7.88. The minimum absolute atomic E-state index is 0.0359. The number of rotatable bonds is 5. The number of nitrogens with zero attached hydrogens (tertiary/aromatic N) is 2. The van der Waals surface area contributed by atoms with E-state index in [2.05, 4.69) is 10.3 Å². The molecule has 0 atom stereocenters. The number of nitro groups is 1. The first-order valence-corrected chi connectivity index (χ1v) is 5.41. The van der Waals surface area contributed by atoms with Gasteiger partial charge in [-0.05, 0) is 20.3 Å². The molecule has 0 spiro atoms. The Morgan fingerprint density at radius 3 is 2.65 bits per heavy atom. The Kier molecular flexibility index (Phi) is 3.88. The van der Waals surface area contributed by atoms with Gasteiger partial charge < -0.3 is 10.1 Å². The highest BCUT2D eigenvalue weighted by Gasteiger charge is 2.20. The average molecular weight is 239 g/mol. The molecule has 0 bridgehead atoms. The zero-order valence-electron chi connectivity index (χ0n) is 10.5. The molecule has 0 saturated heterocycles. The maximum atomic E-state index is 10.8. The highest BCUT2D eigenvalue weighted by molar-refractivity contribution is 5.47. The summed E-state index contributed by atoms with van der Waals surface area (Å²) in [6.07, 6.45) is 0.784. The van der Waals surface area contributed by atoms with Crippen LogP contribution in [0.15, 0.2) is 12.1 Å². The summed E-state index contributed by atoms with van der Waals surface area (Å²) in [6.45, 7) is 5.80. The third-order valence-corrected chi connectivity index (χ3v) is 2.49. The van der Waals surface area contributed by atoms with E-state index in [1.807, 2.05) is 20.8 Å². The van der Waals surface area contributed by atoms with Crippen molar-refractivity contribution >= 4 is 11.5 Å². The van der Waals surface area contributed by atoms with E-state index in [4.69, 9.17) is 4.74 Å². The van der Waals surface area contributed by atoms with Crippen molar-refractivity contribution in [2.45, 2.75) is 32.8 Å². The number of ether oxygens (including phenoxy) is 1. The first-order valence-electron chi connectivity index (χ1n) is 5.41. The Morgan fingerprint density at radius 1 is 1.53 bits per heavy atom. The molecule has 6 nitrogen and oxygen atoms in total. The maximum Gasteiger partial charge on any atom is 0.278 e. The van der Waals surface area contributed by atoms with Crippen LogP contribution in [-0.4, -0.2) is 22.6 Å². The third kappa shape index (κ3) is 3.58. The molecule has 0 unspecified atom stereocenters. The monoisotopic (exact) mass is 239 g/mol. The van der Waals surface area contributed by atoms with E-state index < -0.39 is 10.5 Å². The van der Waals surface area contributed by atoms with E-state index in [0.717, 1.165) is 6.42 Å². The summed E-state index contributed by atoms with van der Waals surface area (Å²) < 4.78 is 5.63. The average Bonchev–Trinajstić information content (AvgIpc) is 2.28. The van der Waals surface area contributed by atoms with Crippen molar-refractivity contribution in [2.24, 2.45) is 0 Å². The van der Waals surface area contributed by atoms with Crippen molar-refractivity contribution in [1.29, 1.82) is 0 Å². The molecule has 1 rings (SSSR count). The van der Waals surface area contributed by atoms with Gasteiger partial charge in [0.15, 0.2) is 0 Å². The largest absolute Gasteiger partial charge is 0.471 e. The number of hydrogen-bond donors (Lipinski definition) is 1. The Bertz CT molecular complexity index is 418. The van der Waals surface area contributed by atoms with Crippen LogP contribution in [0.1, 0.15) is 27.2 Å². The smallest absolute Gasteiger partial charge is 0.278 e. The molecule has 0 aromatic carbocycles. The molecule has 94 valence electrons. The Labute approximate surface area is 100 Å². The molecule has 0 aliphatic carbocycles. The lowest BCUT2D eigenvalue weighted by Crippen LogP contribution is -2.27. The number of nitrogens with one attached hydrogen (secondary N) is 1. The fourth-order valence-electron chi connectivity index (χ4n) is 1.13. The van der Waals surface area contributed by atoms with E-state index in [1.165, 1.54) is 12.1 Å². The van der Waals surface area contributed by atoms with Gasteiger partial charge in [0.05, 0.1) is 17.1 Å². The predicted molar refractivity (Wildman–Crippen MR) is 65.4 cm³/mol. The van der Waals surface area contributed by atoms with Crippen molar-refractivity contribution in [2.75, 3.05) is 12.4 Å². The third-order valence-electron chi connectivity index (χ3n) is 2.49. The van der Waals surface area contributed by atoms with Crippen LogP contribution in [0.4, 0.5) is 11.5 Å². The molecule has 1 heterocycles. The molecule has 1 N–H and O–H groups in total. The molecule has 6 heteroatoms. The lowest BCUT2D eigenvalue weighted by molar-refractivity contribution is -0.385. The lowest BCUT2D eigenvalue weighted by atomic mass is 10.1. The first kappa shape index (κ1) is 13.2. The number of anilines is 1. The van der Waals surface area contributed by atoms with E-state index in [0.29, 0.717) is 5.82 Å².